The van der Waals surface area contributed by atoms with Gasteiger partial charge in [-0.1, -0.05) is 36.4 Å². The van der Waals surface area contributed by atoms with Crippen molar-refractivity contribution in [2.24, 2.45) is 7.05 Å². The number of benzene rings is 1. The summed E-state index contributed by atoms with van der Waals surface area (Å²) in [5.41, 5.74) is 4.01. The average molecular weight is 350 g/mol. The maximum Gasteiger partial charge on any atom is 0.278 e. The lowest BCUT2D eigenvalue weighted by Crippen LogP contribution is -3.11. The fraction of sp³-hybridized carbons (Fsp3) is 0.409. The van der Waals surface area contributed by atoms with Crippen LogP contribution < -0.4 is 4.90 Å². The molecular weight excluding hydrogens is 322 g/mol. The van der Waals surface area contributed by atoms with Crippen molar-refractivity contribution in [3.63, 3.8) is 0 Å². The number of hydrogen-bond donors (Lipinski definition) is 1. The Morgan fingerprint density at radius 1 is 1.19 bits per heavy atom. The zero-order valence-corrected chi connectivity index (χ0v) is 15.5. The van der Waals surface area contributed by atoms with Gasteiger partial charge in [0.25, 0.3) is 5.91 Å². The highest BCUT2D eigenvalue weighted by molar-refractivity contribution is 5.79. The third kappa shape index (κ3) is 3.47. The van der Waals surface area contributed by atoms with Crippen LogP contribution in [0.2, 0.25) is 0 Å². The summed E-state index contributed by atoms with van der Waals surface area (Å²) in [6.45, 7) is 3.29. The van der Waals surface area contributed by atoms with Gasteiger partial charge in [-0.2, -0.15) is 0 Å². The lowest BCUT2D eigenvalue weighted by atomic mass is 9.99. The number of aromatic nitrogens is 1. The maximum atomic E-state index is 12.9. The van der Waals surface area contributed by atoms with E-state index in [4.69, 9.17) is 0 Å². The molecule has 4 rings (SSSR count). The number of rotatable bonds is 4. The standard InChI is InChI=1S/C22H27N3O/c1-23-13-5-9-20(23)21-10-6-14-25(21)17-22(26)24-15-11-19(12-16-24)18-7-3-2-4-8-18/h2-5,7-9,11,13,21H,6,10,12,14-17H2,1H3/p+1/t21-/m0/s1. The molecule has 4 nitrogen and oxygen atoms in total. The van der Waals surface area contributed by atoms with Crippen molar-refractivity contribution in [2.45, 2.75) is 25.3 Å². The molecule has 2 aliphatic rings. The molecule has 1 aromatic carbocycles. The Balaban J connectivity index is 1.38. The van der Waals surface area contributed by atoms with E-state index in [1.807, 2.05) is 11.0 Å². The van der Waals surface area contributed by atoms with Gasteiger partial charge in [-0.05, 0) is 29.7 Å². The van der Waals surface area contributed by atoms with Crippen molar-refractivity contribution >= 4 is 11.5 Å². The Morgan fingerprint density at radius 3 is 2.73 bits per heavy atom. The van der Waals surface area contributed by atoms with Crippen molar-refractivity contribution < 1.29 is 9.69 Å². The number of quaternary nitrogens is 1. The highest BCUT2D eigenvalue weighted by Crippen LogP contribution is 2.22. The van der Waals surface area contributed by atoms with E-state index in [1.54, 1.807) is 0 Å². The number of likely N-dealkylation sites (tertiary alicyclic amines) is 1. The van der Waals surface area contributed by atoms with Crippen LogP contribution in [-0.2, 0) is 11.8 Å². The zero-order chi connectivity index (χ0) is 17.9. The second kappa shape index (κ2) is 7.50. The topological polar surface area (TPSA) is 29.7 Å². The molecule has 1 aromatic heterocycles. The summed E-state index contributed by atoms with van der Waals surface area (Å²) in [7, 11) is 2.10. The fourth-order valence-electron chi connectivity index (χ4n) is 4.43. The van der Waals surface area contributed by atoms with Gasteiger partial charge in [0.1, 0.15) is 6.04 Å². The Morgan fingerprint density at radius 2 is 2.04 bits per heavy atom. The number of hydrogen-bond acceptors (Lipinski definition) is 1. The van der Waals surface area contributed by atoms with Crippen LogP contribution in [0.3, 0.4) is 0 Å². The van der Waals surface area contributed by atoms with Gasteiger partial charge in [0, 0.05) is 39.2 Å². The second-order valence-corrected chi connectivity index (χ2v) is 7.51. The van der Waals surface area contributed by atoms with Crippen molar-refractivity contribution in [2.75, 3.05) is 26.2 Å². The molecule has 2 aromatic rings. The van der Waals surface area contributed by atoms with Gasteiger partial charge in [-0.15, -0.1) is 0 Å². The van der Waals surface area contributed by atoms with Crippen LogP contribution in [0, 0.1) is 0 Å². The van der Waals surface area contributed by atoms with Gasteiger partial charge in [0.2, 0.25) is 0 Å². The van der Waals surface area contributed by atoms with Crippen molar-refractivity contribution in [1.82, 2.24) is 9.47 Å². The first kappa shape index (κ1) is 17.1. The monoisotopic (exact) mass is 350 g/mol. The van der Waals surface area contributed by atoms with Crippen LogP contribution in [0.5, 0.6) is 0 Å². The quantitative estimate of drug-likeness (QED) is 0.899. The van der Waals surface area contributed by atoms with Gasteiger partial charge in [0.05, 0.1) is 12.2 Å². The van der Waals surface area contributed by atoms with E-state index in [-0.39, 0.29) is 0 Å². The Labute approximate surface area is 155 Å². The molecular formula is C22H28N3O+. The molecule has 0 bridgehead atoms. The van der Waals surface area contributed by atoms with E-state index >= 15 is 0 Å². The summed E-state index contributed by atoms with van der Waals surface area (Å²) in [5.74, 6) is 0.296. The molecule has 0 saturated carbocycles. The van der Waals surface area contributed by atoms with Gasteiger partial charge >= 0.3 is 0 Å². The van der Waals surface area contributed by atoms with Crippen LogP contribution in [0.4, 0.5) is 0 Å². The minimum absolute atomic E-state index is 0.296. The maximum absolute atomic E-state index is 12.9. The molecule has 2 atom stereocenters. The van der Waals surface area contributed by atoms with E-state index in [0.29, 0.717) is 18.5 Å². The molecule has 0 aliphatic carbocycles. The van der Waals surface area contributed by atoms with E-state index in [2.05, 4.69) is 60.3 Å². The fourth-order valence-corrected chi connectivity index (χ4v) is 4.43. The number of nitrogens with zero attached hydrogens (tertiary/aromatic N) is 2. The highest BCUT2D eigenvalue weighted by atomic mass is 16.2. The average Bonchev–Trinajstić information content (AvgIpc) is 3.31. The van der Waals surface area contributed by atoms with Crippen molar-refractivity contribution in [1.29, 1.82) is 0 Å². The Hall–Kier alpha value is -2.33. The van der Waals surface area contributed by atoms with Crippen molar-refractivity contribution in [3.05, 3.63) is 66.0 Å². The summed E-state index contributed by atoms with van der Waals surface area (Å²) in [4.78, 5) is 16.3. The van der Waals surface area contributed by atoms with E-state index in [9.17, 15) is 4.79 Å². The van der Waals surface area contributed by atoms with Crippen LogP contribution in [0.25, 0.3) is 5.57 Å². The third-order valence-corrected chi connectivity index (χ3v) is 5.91. The van der Waals surface area contributed by atoms with E-state index in [0.717, 1.165) is 26.1 Å². The minimum atomic E-state index is 0.296. The first-order valence-electron chi connectivity index (χ1n) is 9.70. The lowest BCUT2D eigenvalue weighted by molar-refractivity contribution is -0.911. The molecule has 0 radical (unpaired) electrons. The third-order valence-electron chi connectivity index (χ3n) is 5.91. The number of carbonyl (C=O) groups is 1. The predicted octanol–water partition coefficient (Wildman–Crippen LogP) is 2.06. The highest BCUT2D eigenvalue weighted by Gasteiger charge is 2.34. The number of aryl methyl sites for hydroxylation is 1. The molecule has 0 spiro atoms. The second-order valence-electron chi connectivity index (χ2n) is 7.51. The SMILES string of the molecule is Cn1cccc1[C@@H]1CCC[NH+]1CC(=O)N1CC=C(c2ccccc2)CC1. The summed E-state index contributed by atoms with van der Waals surface area (Å²) in [6, 6.07) is 15.3. The molecule has 1 unspecified atom stereocenters. The van der Waals surface area contributed by atoms with Gasteiger partial charge in [0.15, 0.2) is 6.54 Å². The molecule has 2 aliphatic heterocycles. The molecule has 1 amide bonds. The number of carbonyl (C=O) groups excluding carboxylic acids is 1. The summed E-state index contributed by atoms with van der Waals surface area (Å²) < 4.78 is 2.20. The van der Waals surface area contributed by atoms with Gasteiger partial charge in [-0.3, -0.25) is 4.79 Å². The normalized spacial score (nSPS) is 23.1. The van der Waals surface area contributed by atoms with E-state index < -0.39 is 0 Å². The molecule has 1 N–H and O–H groups in total. The predicted molar refractivity (Wildman–Crippen MR) is 104 cm³/mol. The van der Waals surface area contributed by atoms with Gasteiger partial charge in [-0.25, -0.2) is 0 Å². The minimum Gasteiger partial charge on any atom is -0.350 e. The largest absolute Gasteiger partial charge is 0.350 e. The lowest BCUT2D eigenvalue weighted by Gasteiger charge is -2.29. The number of amides is 1. The molecule has 136 valence electrons. The summed E-state index contributed by atoms with van der Waals surface area (Å²) >= 11 is 0. The van der Waals surface area contributed by atoms with Crippen molar-refractivity contribution in [3.8, 4) is 0 Å². The number of nitrogens with one attached hydrogen (secondary N) is 1. The van der Waals surface area contributed by atoms with Crippen LogP contribution in [-0.4, -0.2) is 41.6 Å². The first-order valence-corrected chi connectivity index (χ1v) is 9.70. The Bertz CT molecular complexity index is 793. The Kier molecular flexibility index (Phi) is 4.93. The molecule has 1 fully saturated rings. The smallest absolute Gasteiger partial charge is 0.278 e. The summed E-state index contributed by atoms with van der Waals surface area (Å²) in [6.07, 6.45) is 7.67. The molecule has 1 saturated heterocycles. The molecule has 26 heavy (non-hydrogen) atoms. The van der Waals surface area contributed by atoms with Gasteiger partial charge < -0.3 is 14.4 Å². The van der Waals surface area contributed by atoms with E-state index in [1.165, 1.54) is 34.6 Å². The van der Waals surface area contributed by atoms with Crippen LogP contribution >= 0.6 is 0 Å². The van der Waals surface area contributed by atoms with Crippen LogP contribution in [0.15, 0.2) is 54.7 Å². The molecule has 3 heterocycles. The van der Waals surface area contributed by atoms with Crippen LogP contribution in [0.1, 0.15) is 36.6 Å². The zero-order valence-electron chi connectivity index (χ0n) is 15.5. The molecule has 4 heteroatoms. The summed E-state index contributed by atoms with van der Waals surface area (Å²) in [5, 5.41) is 0. The first-order chi connectivity index (χ1) is 12.7.